The zero-order chi connectivity index (χ0) is 25.2. The summed E-state index contributed by atoms with van der Waals surface area (Å²) in [5.41, 5.74) is 5.31. The van der Waals surface area contributed by atoms with Gasteiger partial charge in [0.2, 0.25) is 0 Å². The summed E-state index contributed by atoms with van der Waals surface area (Å²) >= 11 is 0. The maximum Gasteiger partial charge on any atom is 0.291 e. The van der Waals surface area contributed by atoms with Gasteiger partial charge < -0.3 is 9.73 Å². The lowest BCUT2D eigenvalue weighted by Gasteiger charge is -2.13. The van der Waals surface area contributed by atoms with Gasteiger partial charge in [-0.25, -0.2) is 5.43 Å². The average Bonchev–Trinajstić information content (AvgIpc) is 3.24. The number of nitrogens with one attached hydrogen (secondary N) is 2. The number of rotatable bonds is 5. The molecular weight excluding hydrogens is 460 g/mol. The summed E-state index contributed by atoms with van der Waals surface area (Å²) in [6, 6.07) is 18.9. The topological polar surface area (TPSA) is 127 Å². The van der Waals surface area contributed by atoms with Crippen LogP contribution in [-0.2, 0) is 6.42 Å². The fourth-order valence-electron chi connectivity index (χ4n) is 4.48. The minimum Gasteiger partial charge on any atom is -0.455 e. The fourth-order valence-corrected chi connectivity index (χ4v) is 4.48. The Labute approximate surface area is 206 Å². The second-order valence-electron chi connectivity index (χ2n) is 8.50. The molecule has 2 amide bonds. The van der Waals surface area contributed by atoms with Crippen molar-refractivity contribution in [3.8, 4) is 0 Å². The lowest BCUT2D eigenvalue weighted by atomic mass is 9.93. The molecule has 0 spiro atoms. The molecule has 9 nitrogen and oxygen atoms in total. The first kappa shape index (κ1) is 23.0. The Morgan fingerprint density at radius 1 is 1.00 bits per heavy atom. The molecule has 0 unspecified atom stereocenters. The molecule has 0 radical (unpaired) electrons. The van der Waals surface area contributed by atoms with Gasteiger partial charge in [0.1, 0.15) is 5.76 Å². The molecule has 0 saturated carbocycles. The SMILES string of the molecule is Cc1c(C(=O)Nc2cccc([N+](=O)[O-])c2)oc2c1/C(=N/NC(=O)c1cccc3ccccc13)CCC2. The number of carbonyl (C=O) groups is 2. The highest BCUT2D eigenvalue weighted by Gasteiger charge is 2.28. The lowest BCUT2D eigenvalue weighted by Crippen LogP contribution is -2.22. The number of carbonyl (C=O) groups excluding carboxylic acids is 2. The summed E-state index contributed by atoms with van der Waals surface area (Å²) in [6.07, 6.45) is 2.01. The Balaban J connectivity index is 1.39. The predicted octanol–water partition coefficient (Wildman–Crippen LogP) is 5.37. The molecule has 5 rings (SSSR count). The van der Waals surface area contributed by atoms with Crippen molar-refractivity contribution in [3.63, 3.8) is 0 Å². The number of benzene rings is 3. The van der Waals surface area contributed by atoms with Crippen molar-refractivity contribution in [2.75, 3.05) is 5.32 Å². The third-order valence-corrected chi connectivity index (χ3v) is 6.17. The number of hydrazone groups is 1. The van der Waals surface area contributed by atoms with Gasteiger partial charge in [-0.1, -0.05) is 42.5 Å². The third kappa shape index (κ3) is 4.34. The molecule has 0 bridgehead atoms. The highest BCUT2D eigenvalue weighted by Crippen LogP contribution is 2.30. The lowest BCUT2D eigenvalue weighted by molar-refractivity contribution is -0.384. The number of furan rings is 1. The number of nitrogens with zero attached hydrogens (tertiary/aromatic N) is 2. The number of anilines is 1. The van der Waals surface area contributed by atoms with Crippen LogP contribution >= 0.6 is 0 Å². The molecule has 0 saturated heterocycles. The minimum absolute atomic E-state index is 0.112. The molecular formula is C27H22N4O5. The maximum atomic E-state index is 12.9. The highest BCUT2D eigenvalue weighted by molar-refractivity contribution is 6.11. The molecule has 9 heteroatoms. The summed E-state index contributed by atoms with van der Waals surface area (Å²) in [5, 5.41) is 19.9. The molecule has 180 valence electrons. The number of fused-ring (bicyclic) bond motifs is 2. The van der Waals surface area contributed by atoms with E-state index in [4.69, 9.17) is 4.42 Å². The van der Waals surface area contributed by atoms with E-state index in [1.807, 2.05) is 36.4 Å². The van der Waals surface area contributed by atoms with Crippen LogP contribution in [0.1, 0.15) is 50.6 Å². The van der Waals surface area contributed by atoms with Gasteiger partial charge in [-0.3, -0.25) is 19.7 Å². The first-order valence-corrected chi connectivity index (χ1v) is 11.5. The molecule has 4 aromatic rings. The molecule has 0 atom stereocenters. The first-order valence-electron chi connectivity index (χ1n) is 11.5. The van der Waals surface area contributed by atoms with Crippen LogP contribution in [-0.4, -0.2) is 22.4 Å². The van der Waals surface area contributed by atoms with Gasteiger partial charge in [0, 0.05) is 40.9 Å². The van der Waals surface area contributed by atoms with Gasteiger partial charge in [-0.05, 0) is 42.7 Å². The predicted molar refractivity (Wildman–Crippen MR) is 135 cm³/mol. The Morgan fingerprint density at radius 3 is 2.61 bits per heavy atom. The van der Waals surface area contributed by atoms with E-state index in [-0.39, 0.29) is 17.4 Å². The molecule has 36 heavy (non-hydrogen) atoms. The second kappa shape index (κ2) is 9.46. The number of hydrogen-bond donors (Lipinski definition) is 2. The van der Waals surface area contributed by atoms with Gasteiger partial charge in [-0.2, -0.15) is 5.10 Å². The van der Waals surface area contributed by atoms with Crippen LogP contribution in [0.15, 0.2) is 76.2 Å². The summed E-state index contributed by atoms with van der Waals surface area (Å²) in [6.45, 7) is 1.76. The molecule has 0 aliphatic heterocycles. The quantitative estimate of drug-likeness (QED) is 0.292. The number of nitro benzene ring substituents is 1. The van der Waals surface area contributed by atoms with Crippen molar-refractivity contribution in [2.24, 2.45) is 5.10 Å². The van der Waals surface area contributed by atoms with Crippen LogP contribution < -0.4 is 10.7 Å². The van der Waals surface area contributed by atoms with Crippen molar-refractivity contribution < 1.29 is 18.9 Å². The highest BCUT2D eigenvalue weighted by atomic mass is 16.6. The zero-order valence-corrected chi connectivity index (χ0v) is 19.4. The third-order valence-electron chi connectivity index (χ3n) is 6.17. The number of hydrogen-bond acceptors (Lipinski definition) is 6. The van der Waals surface area contributed by atoms with Gasteiger partial charge in [0.05, 0.1) is 10.6 Å². The summed E-state index contributed by atoms with van der Waals surface area (Å²) in [5.74, 6) is -0.0969. The Bertz CT molecular complexity index is 1550. The molecule has 1 heterocycles. The van der Waals surface area contributed by atoms with Crippen molar-refractivity contribution in [3.05, 3.63) is 105 Å². The number of amides is 2. The van der Waals surface area contributed by atoms with Crippen LogP contribution in [0, 0.1) is 17.0 Å². The van der Waals surface area contributed by atoms with E-state index < -0.39 is 10.8 Å². The summed E-state index contributed by atoms with van der Waals surface area (Å²) < 4.78 is 5.89. The summed E-state index contributed by atoms with van der Waals surface area (Å²) in [4.78, 5) is 36.4. The van der Waals surface area contributed by atoms with Crippen LogP contribution in [0.5, 0.6) is 0 Å². The van der Waals surface area contributed by atoms with Crippen molar-refractivity contribution in [2.45, 2.75) is 26.2 Å². The van der Waals surface area contributed by atoms with E-state index in [0.29, 0.717) is 46.7 Å². The Hall–Kier alpha value is -4.79. The Kier molecular flexibility index (Phi) is 6.03. The number of non-ortho nitro benzene ring substituents is 1. The smallest absolute Gasteiger partial charge is 0.291 e. The molecule has 1 aliphatic carbocycles. The zero-order valence-electron chi connectivity index (χ0n) is 19.4. The van der Waals surface area contributed by atoms with Crippen LogP contribution in [0.4, 0.5) is 11.4 Å². The molecule has 1 aliphatic rings. The number of aryl methyl sites for hydroxylation is 1. The van der Waals surface area contributed by atoms with E-state index in [1.54, 1.807) is 19.1 Å². The van der Waals surface area contributed by atoms with E-state index in [0.717, 1.165) is 17.2 Å². The van der Waals surface area contributed by atoms with Crippen molar-refractivity contribution >= 4 is 39.7 Å². The monoisotopic (exact) mass is 482 g/mol. The van der Waals surface area contributed by atoms with Crippen molar-refractivity contribution in [1.82, 2.24) is 5.43 Å². The maximum absolute atomic E-state index is 12.9. The van der Waals surface area contributed by atoms with Crippen LogP contribution in [0.2, 0.25) is 0 Å². The molecule has 2 N–H and O–H groups in total. The van der Waals surface area contributed by atoms with Gasteiger partial charge >= 0.3 is 0 Å². The van der Waals surface area contributed by atoms with E-state index >= 15 is 0 Å². The Morgan fingerprint density at radius 2 is 1.78 bits per heavy atom. The van der Waals surface area contributed by atoms with Gasteiger partial charge in [-0.15, -0.1) is 0 Å². The van der Waals surface area contributed by atoms with Crippen LogP contribution in [0.3, 0.4) is 0 Å². The molecule has 3 aromatic carbocycles. The van der Waals surface area contributed by atoms with Crippen molar-refractivity contribution in [1.29, 1.82) is 0 Å². The fraction of sp³-hybridized carbons (Fsp3) is 0.148. The van der Waals surface area contributed by atoms with Gasteiger partial charge in [0.15, 0.2) is 5.76 Å². The van der Waals surface area contributed by atoms with Crippen LogP contribution in [0.25, 0.3) is 10.8 Å². The van der Waals surface area contributed by atoms with E-state index in [2.05, 4.69) is 15.8 Å². The van der Waals surface area contributed by atoms with E-state index in [1.165, 1.54) is 18.2 Å². The molecule has 0 fully saturated rings. The first-order chi connectivity index (χ1) is 17.4. The molecule has 1 aromatic heterocycles. The van der Waals surface area contributed by atoms with E-state index in [9.17, 15) is 19.7 Å². The average molecular weight is 482 g/mol. The minimum atomic E-state index is -0.526. The number of nitro groups is 1. The van der Waals surface area contributed by atoms with Gasteiger partial charge in [0.25, 0.3) is 17.5 Å². The largest absolute Gasteiger partial charge is 0.455 e. The normalized spacial score (nSPS) is 13.9. The summed E-state index contributed by atoms with van der Waals surface area (Å²) in [7, 11) is 0. The second-order valence-corrected chi connectivity index (χ2v) is 8.50. The standard InChI is InChI=1S/C27H22N4O5/c1-16-24-22(29-30-26(32)21-12-4-8-17-7-2-3-11-20(17)21)13-6-14-23(24)36-25(16)27(33)28-18-9-5-10-19(15-18)31(34)35/h2-5,7-12,15H,6,13-14H2,1H3,(H,28,33)(H,30,32)/b29-22+.